The van der Waals surface area contributed by atoms with Crippen LogP contribution in [0.3, 0.4) is 0 Å². The van der Waals surface area contributed by atoms with Gasteiger partial charge in [0.25, 0.3) is 5.91 Å². The number of rotatable bonds is 7. The van der Waals surface area contributed by atoms with Gasteiger partial charge in [0.05, 0.1) is 6.54 Å². The Kier molecular flexibility index (Phi) is 5.83. The van der Waals surface area contributed by atoms with E-state index in [1.54, 1.807) is 23.0 Å². The van der Waals surface area contributed by atoms with Gasteiger partial charge in [-0.2, -0.15) is 5.10 Å². The van der Waals surface area contributed by atoms with Crippen molar-refractivity contribution in [1.82, 2.24) is 20.0 Å². The van der Waals surface area contributed by atoms with E-state index in [1.165, 1.54) is 0 Å². The standard InChI is InChI=1S/C22H28N4O3/c1-16(15-26-12-2-11-23-26)24-21(27)17-5-7-19(8-6-17)29-20-9-13-25(14-10-20)22(28)18-3-4-18/h2,5-8,11-12,16,18,20H,3-4,9-10,13-15H2,1H3,(H,24,27). The molecule has 29 heavy (non-hydrogen) atoms. The van der Waals surface area contributed by atoms with Gasteiger partial charge >= 0.3 is 0 Å². The molecule has 2 aliphatic rings. The highest BCUT2D eigenvalue weighted by Gasteiger charge is 2.35. The van der Waals surface area contributed by atoms with Crippen LogP contribution in [0.25, 0.3) is 0 Å². The summed E-state index contributed by atoms with van der Waals surface area (Å²) in [5, 5.41) is 7.14. The van der Waals surface area contributed by atoms with Gasteiger partial charge in [0.1, 0.15) is 11.9 Å². The van der Waals surface area contributed by atoms with Crippen LogP contribution in [-0.2, 0) is 11.3 Å². The van der Waals surface area contributed by atoms with E-state index in [4.69, 9.17) is 4.74 Å². The predicted octanol–water partition coefficient (Wildman–Crippen LogP) is 2.48. The number of nitrogens with zero attached hydrogens (tertiary/aromatic N) is 3. The molecule has 1 aliphatic carbocycles. The van der Waals surface area contributed by atoms with Gasteiger partial charge in [0, 0.05) is 55.8 Å². The van der Waals surface area contributed by atoms with Gasteiger partial charge in [-0.15, -0.1) is 0 Å². The Morgan fingerprint density at radius 3 is 2.52 bits per heavy atom. The summed E-state index contributed by atoms with van der Waals surface area (Å²) in [6, 6.07) is 9.10. The van der Waals surface area contributed by atoms with E-state index < -0.39 is 0 Å². The highest BCUT2D eigenvalue weighted by Crippen LogP contribution is 2.32. The third-order valence-corrected chi connectivity index (χ3v) is 5.50. The number of amides is 2. The molecule has 7 heteroatoms. The lowest BCUT2D eigenvalue weighted by molar-refractivity contribution is -0.134. The van der Waals surface area contributed by atoms with Crippen LogP contribution in [0.4, 0.5) is 0 Å². The van der Waals surface area contributed by atoms with Crippen LogP contribution in [0.5, 0.6) is 5.75 Å². The van der Waals surface area contributed by atoms with Gasteiger partial charge in [-0.25, -0.2) is 0 Å². The number of aromatic nitrogens is 2. The van der Waals surface area contributed by atoms with Crippen LogP contribution in [0.2, 0.25) is 0 Å². The SMILES string of the molecule is CC(Cn1cccn1)NC(=O)c1ccc(OC2CCN(C(=O)C3CC3)CC2)cc1. The van der Waals surface area contributed by atoms with Crippen LogP contribution in [0, 0.1) is 5.92 Å². The molecular weight excluding hydrogens is 368 g/mol. The zero-order chi connectivity index (χ0) is 20.2. The third kappa shape index (κ3) is 5.16. The van der Waals surface area contributed by atoms with E-state index in [1.807, 2.05) is 36.2 Å². The average molecular weight is 396 g/mol. The zero-order valence-electron chi connectivity index (χ0n) is 16.8. The first-order chi connectivity index (χ1) is 14.1. The lowest BCUT2D eigenvalue weighted by Crippen LogP contribution is -2.42. The maximum Gasteiger partial charge on any atom is 0.251 e. The molecule has 7 nitrogen and oxygen atoms in total. The minimum absolute atomic E-state index is 0.0261. The Morgan fingerprint density at radius 2 is 1.90 bits per heavy atom. The summed E-state index contributed by atoms with van der Waals surface area (Å²) in [5.74, 6) is 1.26. The molecule has 1 aliphatic heterocycles. The molecule has 1 atom stereocenters. The molecule has 1 aromatic carbocycles. The fourth-order valence-corrected chi connectivity index (χ4v) is 3.70. The molecule has 2 amide bonds. The molecule has 154 valence electrons. The highest BCUT2D eigenvalue weighted by atomic mass is 16.5. The second kappa shape index (κ2) is 8.68. The molecule has 1 unspecified atom stereocenters. The first-order valence-corrected chi connectivity index (χ1v) is 10.4. The lowest BCUT2D eigenvalue weighted by Gasteiger charge is -2.32. The monoisotopic (exact) mass is 396 g/mol. The molecule has 0 radical (unpaired) electrons. The highest BCUT2D eigenvalue weighted by molar-refractivity contribution is 5.94. The maximum atomic E-state index is 12.4. The molecule has 1 saturated heterocycles. The molecule has 4 rings (SSSR count). The Bertz CT molecular complexity index is 822. The van der Waals surface area contributed by atoms with Crippen molar-refractivity contribution in [3.63, 3.8) is 0 Å². The molecule has 1 N–H and O–H groups in total. The second-order valence-corrected chi connectivity index (χ2v) is 8.04. The van der Waals surface area contributed by atoms with Gasteiger partial charge in [-0.05, 0) is 50.1 Å². The van der Waals surface area contributed by atoms with Crippen molar-refractivity contribution in [2.45, 2.75) is 51.3 Å². The van der Waals surface area contributed by atoms with E-state index >= 15 is 0 Å². The summed E-state index contributed by atoms with van der Waals surface area (Å²) in [5.41, 5.74) is 0.606. The maximum absolute atomic E-state index is 12.4. The van der Waals surface area contributed by atoms with Gasteiger partial charge in [-0.1, -0.05) is 0 Å². The number of benzene rings is 1. The average Bonchev–Trinajstić information content (AvgIpc) is 3.46. The first kappa shape index (κ1) is 19.5. The topological polar surface area (TPSA) is 76.5 Å². The fraction of sp³-hybridized carbons (Fsp3) is 0.500. The van der Waals surface area contributed by atoms with Crippen LogP contribution in [0.1, 0.15) is 43.0 Å². The molecule has 1 saturated carbocycles. The van der Waals surface area contributed by atoms with Gasteiger partial charge in [0.2, 0.25) is 5.91 Å². The minimum Gasteiger partial charge on any atom is -0.490 e. The third-order valence-electron chi connectivity index (χ3n) is 5.50. The number of likely N-dealkylation sites (tertiary alicyclic amines) is 1. The second-order valence-electron chi connectivity index (χ2n) is 8.04. The van der Waals surface area contributed by atoms with Crippen molar-refractivity contribution in [3.05, 3.63) is 48.3 Å². The minimum atomic E-state index is -0.108. The molecular formula is C22H28N4O3. The molecule has 2 aromatic rings. The summed E-state index contributed by atoms with van der Waals surface area (Å²) in [6.07, 6.45) is 7.53. The van der Waals surface area contributed by atoms with Crippen molar-refractivity contribution in [2.75, 3.05) is 13.1 Å². The van der Waals surface area contributed by atoms with E-state index in [2.05, 4.69) is 10.4 Å². The first-order valence-electron chi connectivity index (χ1n) is 10.4. The normalized spacial score (nSPS) is 18.3. The van der Waals surface area contributed by atoms with Crippen LogP contribution in [0.15, 0.2) is 42.7 Å². The molecule has 0 spiro atoms. The van der Waals surface area contributed by atoms with E-state index in [9.17, 15) is 9.59 Å². The predicted molar refractivity (Wildman–Crippen MR) is 109 cm³/mol. The van der Waals surface area contributed by atoms with E-state index in [-0.39, 0.29) is 24.0 Å². The Labute approximate surface area is 171 Å². The number of carbonyl (C=O) groups excluding carboxylic acids is 2. The number of ether oxygens (including phenoxy) is 1. The lowest BCUT2D eigenvalue weighted by atomic mass is 10.1. The number of carbonyl (C=O) groups is 2. The Hall–Kier alpha value is -2.83. The largest absolute Gasteiger partial charge is 0.490 e. The summed E-state index contributed by atoms with van der Waals surface area (Å²) in [6.45, 7) is 4.13. The van der Waals surface area contributed by atoms with Crippen LogP contribution < -0.4 is 10.1 Å². The number of nitrogens with one attached hydrogen (secondary N) is 1. The van der Waals surface area contributed by atoms with Gasteiger partial charge < -0.3 is 15.0 Å². The molecule has 0 bridgehead atoms. The van der Waals surface area contributed by atoms with Crippen molar-refractivity contribution < 1.29 is 14.3 Å². The zero-order valence-corrected chi connectivity index (χ0v) is 16.8. The summed E-state index contributed by atoms with van der Waals surface area (Å²) < 4.78 is 7.86. The summed E-state index contributed by atoms with van der Waals surface area (Å²) in [7, 11) is 0. The summed E-state index contributed by atoms with van der Waals surface area (Å²) >= 11 is 0. The Balaban J connectivity index is 1.23. The van der Waals surface area contributed by atoms with Gasteiger partial charge in [-0.3, -0.25) is 14.3 Å². The van der Waals surface area contributed by atoms with Crippen LogP contribution in [-0.4, -0.2) is 51.7 Å². The summed E-state index contributed by atoms with van der Waals surface area (Å²) in [4.78, 5) is 26.5. The molecule has 1 aromatic heterocycles. The van der Waals surface area contributed by atoms with E-state index in [0.717, 1.165) is 44.5 Å². The van der Waals surface area contributed by atoms with Crippen molar-refractivity contribution in [3.8, 4) is 5.75 Å². The Morgan fingerprint density at radius 1 is 1.17 bits per heavy atom. The van der Waals surface area contributed by atoms with Crippen LogP contribution >= 0.6 is 0 Å². The molecule has 2 fully saturated rings. The fourth-order valence-electron chi connectivity index (χ4n) is 3.70. The quantitative estimate of drug-likeness (QED) is 0.780. The number of piperidine rings is 1. The smallest absolute Gasteiger partial charge is 0.251 e. The molecule has 2 heterocycles. The van der Waals surface area contributed by atoms with Crippen molar-refractivity contribution >= 4 is 11.8 Å². The van der Waals surface area contributed by atoms with E-state index in [0.29, 0.717) is 18.0 Å². The van der Waals surface area contributed by atoms with Gasteiger partial charge in [0.15, 0.2) is 0 Å². The number of hydrogen-bond acceptors (Lipinski definition) is 4. The van der Waals surface area contributed by atoms with Crippen molar-refractivity contribution in [1.29, 1.82) is 0 Å². The van der Waals surface area contributed by atoms with Crippen molar-refractivity contribution in [2.24, 2.45) is 5.92 Å². The number of hydrogen-bond donors (Lipinski definition) is 1.